The van der Waals surface area contributed by atoms with Crippen molar-refractivity contribution in [1.29, 1.82) is 0 Å². The van der Waals surface area contributed by atoms with Gasteiger partial charge in [0.2, 0.25) is 5.91 Å². The molecule has 0 spiro atoms. The molecule has 80 heavy (non-hydrogen) atoms. The van der Waals surface area contributed by atoms with E-state index in [2.05, 4.69) is 92.1 Å². The van der Waals surface area contributed by atoms with Crippen LogP contribution in [0.1, 0.15) is 309 Å². The number of quaternary nitrogens is 1. The zero-order valence-electron chi connectivity index (χ0n) is 53.3. The van der Waals surface area contributed by atoms with Gasteiger partial charge >= 0.3 is 0 Å². The number of phosphoric acid groups is 1. The minimum absolute atomic E-state index is 0.00482. The third-order valence-corrected chi connectivity index (χ3v) is 16.1. The third-order valence-electron chi connectivity index (χ3n) is 15.1. The summed E-state index contributed by atoms with van der Waals surface area (Å²) in [4.78, 5) is 25.6. The predicted molar refractivity (Wildman–Crippen MR) is 348 cm³/mol. The van der Waals surface area contributed by atoms with Gasteiger partial charge in [-0.1, -0.05) is 317 Å². The molecule has 1 amide bonds. The maximum absolute atomic E-state index is 13.0. The zero-order chi connectivity index (χ0) is 58.4. The lowest BCUT2D eigenvalue weighted by atomic mass is 10.0. The second-order valence-corrected chi connectivity index (χ2v) is 25.6. The smallest absolute Gasteiger partial charge is 0.268 e. The highest BCUT2D eigenvalue weighted by Gasteiger charge is 2.23. The predicted octanol–water partition coefficient (Wildman–Crippen LogP) is 20.9. The Morgan fingerprint density at radius 2 is 0.762 bits per heavy atom. The van der Waals surface area contributed by atoms with E-state index in [-0.39, 0.29) is 19.1 Å². The summed E-state index contributed by atoms with van der Waals surface area (Å²) in [6.45, 7) is 4.56. The molecule has 0 radical (unpaired) electrons. The van der Waals surface area contributed by atoms with Crippen molar-refractivity contribution in [1.82, 2.24) is 5.32 Å². The molecule has 466 valence electrons. The van der Waals surface area contributed by atoms with Crippen molar-refractivity contribution in [3.8, 4) is 0 Å². The van der Waals surface area contributed by atoms with Crippen molar-refractivity contribution < 1.29 is 32.9 Å². The Hall–Kier alpha value is -2.32. The molecule has 3 unspecified atom stereocenters. The largest absolute Gasteiger partial charge is 0.756 e. The summed E-state index contributed by atoms with van der Waals surface area (Å²) in [5.41, 5.74) is 0. The van der Waals surface area contributed by atoms with Gasteiger partial charge in [0.15, 0.2) is 0 Å². The molecule has 2 N–H and O–H groups in total. The highest BCUT2D eigenvalue weighted by atomic mass is 31.2. The Bertz CT molecular complexity index is 1580. The number of hydrogen-bond donors (Lipinski definition) is 2. The maximum Gasteiger partial charge on any atom is 0.268 e. The lowest BCUT2D eigenvalue weighted by Gasteiger charge is -2.29. The van der Waals surface area contributed by atoms with Gasteiger partial charge in [0.25, 0.3) is 7.82 Å². The molecular formula is C71H131N2O6P. The lowest BCUT2D eigenvalue weighted by molar-refractivity contribution is -0.870. The number of aliphatic hydroxyl groups excluding tert-OH is 1. The summed E-state index contributed by atoms with van der Waals surface area (Å²) >= 11 is 0. The highest BCUT2D eigenvalue weighted by Crippen LogP contribution is 2.38. The van der Waals surface area contributed by atoms with Crippen molar-refractivity contribution >= 4 is 13.7 Å². The fourth-order valence-electron chi connectivity index (χ4n) is 9.87. The van der Waals surface area contributed by atoms with Crippen molar-refractivity contribution in [3.63, 3.8) is 0 Å². The van der Waals surface area contributed by atoms with Gasteiger partial charge in [-0.2, -0.15) is 0 Å². The van der Waals surface area contributed by atoms with Gasteiger partial charge in [-0.15, -0.1) is 0 Å². The average Bonchev–Trinajstić information content (AvgIpc) is 3.42. The SMILES string of the molecule is CC/C=C\C/C=C\C/C=C\C/C=C\C/C=C\C/C=C\CCCCCCCCCCCCC(=O)NC(COP(=O)([O-])OCC[N+](C)(C)C)C(O)/C=C/CCCCCCCCCCCCCCCCCCCCCCCCCCCCC. The second kappa shape index (κ2) is 61.2. The van der Waals surface area contributed by atoms with Crippen LogP contribution in [0.15, 0.2) is 85.1 Å². The van der Waals surface area contributed by atoms with E-state index >= 15 is 0 Å². The van der Waals surface area contributed by atoms with Crippen molar-refractivity contribution in [2.75, 3.05) is 40.9 Å². The van der Waals surface area contributed by atoms with Gasteiger partial charge in [0.05, 0.1) is 39.9 Å². The first-order valence-corrected chi connectivity index (χ1v) is 35.4. The molecule has 0 fully saturated rings. The Balaban J connectivity index is 4.13. The molecule has 0 aliphatic heterocycles. The van der Waals surface area contributed by atoms with Crippen LogP contribution < -0.4 is 10.2 Å². The minimum Gasteiger partial charge on any atom is -0.756 e. The van der Waals surface area contributed by atoms with E-state index in [4.69, 9.17) is 9.05 Å². The molecule has 0 rings (SSSR count). The first-order valence-electron chi connectivity index (χ1n) is 33.9. The van der Waals surface area contributed by atoms with Gasteiger partial charge in [-0.3, -0.25) is 9.36 Å². The molecule has 0 aromatic carbocycles. The topological polar surface area (TPSA) is 108 Å². The molecule has 3 atom stereocenters. The number of aliphatic hydroxyl groups is 1. The molecule has 0 saturated heterocycles. The highest BCUT2D eigenvalue weighted by molar-refractivity contribution is 7.45. The first-order chi connectivity index (χ1) is 39.0. The van der Waals surface area contributed by atoms with E-state index in [0.29, 0.717) is 17.4 Å². The van der Waals surface area contributed by atoms with Gasteiger partial charge in [0, 0.05) is 6.42 Å². The summed E-state index contributed by atoms with van der Waals surface area (Å²) in [5, 5.41) is 14.0. The van der Waals surface area contributed by atoms with Crippen LogP contribution in [0, 0.1) is 0 Å². The van der Waals surface area contributed by atoms with Crippen LogP contribution >= 0.6 is 7.82 Å². The van der Waals surface area contributed by atoms with Crippen LogP contribution in [0.3, 0.4) is 0 Å². The van der Waals surface area contributed by atoms with Crippen molar-refractivity contribution in [3.05, 3.63) is 85.1 Å². The van der Waals surface area contributed by atoms with Crippen LogP contribution in [0.2, 0.25) is 0 Å². The van der Waals surface area contributed by atoms with Crippen molar-refractivity contribution in [2.24, 2.45) is 0 Å². The van der Waals surface area contributed by atoms with Gasteiger partial charge < -0.3 is 28.8 Å². The van der Waals surface area contributed by atoms with Crippen LogP contribution in [0.25, 0.3) is 0 Å². The number of nitrogens with one attached hydrogen (secondary N) is 1. The van der Waals surface area contributed by atoms with Crippen LogP contribution in [0.4, 0.5) is 0 Å². The van der Waals surface area contributed by atoms with Crippen molar-refractivity contribution in [2.45, 2.75) is 321 Å². The number of rotatable bonds is 62. The summed E-state index contributed by atoms with van der Waals surface area (Å²) < 4.78 is 23.4. The maximum atomic E-state index is 13.0. The van der Waals surface area contributed by atoms with Crippen LogP contribution in [0.5, 0.6) is 0 Å². The molecule has 0 aromatic rings. The molecule has 0 heterocycles. The number of carbonyl (C=O) groups is 1. The summed E-state index contributed by atoms with van der Waals surface area (Å²) in [6.07, 6.45) is 86.9. The molecule has 0 saturated carbocycles. The molecular weight excluding hydrogens is 1010 g/mol. The van der Waals surface area contributed by atoms with Crippen LogP contribution in [-0.2, 0) is 18.4 Å². The summed E-state index contributed by atoms with van der Waals surface area (Å²) in [7, 11) is 1.26. The molecule has 0 aromatic heterocycles. The Kier molecular flexibility index (Phi) is 59.5. The van der Waals surface area contributed by atoms with E-state index in [0.717, 1.165) is 83.5 Å². The Morgan fingerprint density at radius 3 is 1.11 bits per heavy atom. The normalized spacial score (nSPS) is 14.2. The number of nitrogens with zero attached hydrogens (tertiary/aromatic N) is 1. The molecule has 9 heteroatoms. The van der Waals surface area contributed by atoms with Gasteiger partial charge in [0.1, 0.15) is 13.2 Å². The Labute approximate surface area is 497 Å². The standard InChI is InChI=1S/C71H131N2O6P/c1-6-8-10-12-14-16-18-20-22-24-26-28-30-32-34-36-38-40-42-44-46-48-50-52-54-56-58-60-62-64-70(74)69(68-79-80(76,77)78-67-66-73(3,4)5)72-71(75)65-63-61-59-57-55-53-51-49-47-45-43-41-39-37-35-33-31-29-27-25-23-21-19-17-15-13-11-9-7-2/h9,11,15,17,21,23,27,29,33,35,39,41,62,64,69-70,74H,6-8,10,12-14,16,18-20,22,24-26,28,30-32,34,36-38,40,42-61,63,65-68H2,1-5H3,(H-,72,75,76,77)/b11-9-,17-15-,23-21-,29-27-,35-33-,41-39-,64-62+. The van der Waals surface area contributed by atoms with E-state index in [1.54, 1.807) is 6.08 Å². The summed E-state index contributed by atoms with van der Waals surface area (Å²) in [6, 6.07) is -0.896. The quantitative estimate of drug-likeness (QED) is 0.0272. The molecule has 0 aliphatic carbocycles. The second-order valence-electron chi connectivity index (χ2n) is 24.2. The fourth-order valence-corrected chi connectivity index (χ4v) is 10.6. The molecule has 8 nitrogen and oxygen atoms in total. The number of phosphoric ester groups is 1. The number of allylic oxidation sites excluding steroid dienone is 13. The van der Waals surface area contributed by atoms with Gasteiger partial charge in [-0.25, -0.2) is 0 Å². The number of likely N-dealkylation sites (N-methyl/N-ethyl adjacent to an activating group) is 1. The molecule has 0 bridgehead atoms. The van der Waals surface area contributed by atoms with Crippen LogP contribution in [-0.4, -0.2) is 68.5 Å². The lowest BCUT2D eigenvalue weighted by Crippen LogP contribution is -2.45. The van der Waals surface area contributed by atoms with E-state index < -0.39 is 20.0 Å². The van der Waals surface area contributed by atoms with Gasteiger partial charge in [-0.05, 0) is 70.6 Å². The minimum atomic E-state index is -4.61. The van der Waals surface area contributed by atoms with E-state index in [1.807, 2.05) is 27.2 Å². The monoisotopic (exact) mass is 1140 g/mol. The third kappa shape index (κ3) is 63.3. The zero-order valence-corrected chi connectivity index (χ0v) is 54.2. The van der Waals surface area contributed by atoms with E-state index in [1.165, 1.54) is 205 Å². The number of amides is 1. The number of hydrogen-bond acceptors (Lipinski definition) is 6. The average molecular weight is 1140 g/mol. The number of unbranched alkanes of at least 4 members (excludes halogenated alkanes) is 37. The molecule has 0 aliphatic rings. The number of carbonyl (C=O) groups excluding carboxylic acids is 1. The fraction of sp³-hybridized carbons (Fsp3) is 0.789. The summed E-state index contributed by atoms with van der Waals surface area (Å²) in [5.74, 6) is -0.202. The van der Waals surface area contributed by atoms with E-state index in [9.17, 15) is 19.4 Å². The first kappa shape index (κ1) is 77.7. The Morgan fingerprint density at radius 1 is 0.450 bits per heavy atom.